The summed E-state index contributed by atoms with van der Waals surface area (Å²) in [6.45, 7) is 1.57. The van der Waals surface area contributed by atoms with Crippen LogP contribution in [-0.2, 0) is 4.79 Å². The summed E-state index contributed by atoms with van der Waals surface area (Å²) in [7, 11) is 0. The molecule has 2 aromatic carbocycles. The van der Waals surface area contributed by atoms with Crippen LogP contribution in [0.1, 0.15) is 6.92 Å². The maximum Gasteiger partial charge on any atom is 0.417 e. The van der Waals surface area contributed by atoms with Crippen LogP contribution in [0.3, 0.4) is 0 Å². The molecule has 124 valence electrons. The minimum absolute atomic E-state index is 0.355. The van der Waals surface area contributed by atoms with Gasteiger partial charge in [-0.15, -0.1) is 0 Å². The zero-order valence-electron chi connectivity index (χ0n) is 12.4. The fourth-order valence-electron chi connectivity index (χ4n) is 2.09. The van der Waals surface area contributed by atoms with E-state index in [0.29, 0.717) is 27.0 Å². The average molecular weight is 395 g/mol. The third-order valence-corrected chi connectivity index (χ3v) is 3.87. The average Bonchev–Trinajstić information content (AvgIpc) is 2.89. The van der Waals surface area contributed by atoms with Gasteiger partial charge in [-0.25, -0.2) is 9.18 Å². The number of nitrogens with one attached hydrogen (secondary N) is 2. The predicted molar refractivity (Wildman–Crippen MR) is 89.7 cm³/mol. The first-order valence-corrected chi connectivity index (χ1v) is 7.77. The number of carbonyl (C=O) groups excluding carboxylic acids is 1. The summed E-state index contributed by atoms with van der Waals surface area (Å²) in [5.74, 6) is -1.01. The van der Waals surface area contributed by atoms with Crippen molar-refractivity contribution in [2.45, 2.75) is 13.0 Å². The van der Waals surface area contributed by atoms with Gasteiger partial charge in [0, 0.05) is 5.69 Å². The molecule has 24 heavy (non-hydrogen) atoms. The monoisotopic (exact) mass is 394 g/mol. The molecule has 3 aromatic rings. The topological polar surface area (TPSA) is 84.3 Å². The van der Waals surface area contributed by atoms with Gasteiger partial charge in [0.1, 0.15) is 11.6 Å². The number of H-pyrrole nitrogens is 1. The first-order valence-electron chi connectivity index (χ1n) is 6.98. The Hall–Kier alpha value is -2.61. The number of aromatic amines is 1. The Balaban J connectivity index is 1.71. The Morgan fingerprint density at radius 1 is 1.33 bits per heavy atom. The fourth-order valence-corrected chi connectivity index (χ4v) is 2.53. The SMILES string of the molecule is C[C@@H](Oc1ccc(F)cc1Br)C(=O)Nc1ccc2oc(=O)[nH]c2c1. The molecule has 1 amide bonds. The van der Waals surface area contributed by atoms with Crippen LogP contribution in [0.2, 0.25) is 0 Å². The van der Waals surface area contributed by atoms with E-state index >= 15 is 0 Å². The molecule has 0 unspecified atom stereocenters. The number of anilines is 1. The number of aromatic nitrogens is 1. The van der Waals surface area contributed by atoms with Crippen LogP contribution in [0, 0.1) is 5.82 Å². The number of hydrogen-bond acceptors (Lipinski definition) is 4. The molecule has 2 N–H and O–H groups in total. The van der Waals surface area contributed by atoms with E-state index in [1.165, 1.54) is 18.2 Å². The molecule has 1 aromatic heterocycles. The Kier molecular flexibility index (Phi) is 4.39. The first-order chi connectivity index (χ1) is 11.4. The highest BCUT2D eigenvalue weighted by Crippen LogP contribution is 2.26. The largest absolute Gasteiger partial charge is 0.480 e. The summed E-state index contributed by atoms with van der Waals surface area (Å²) in [5, 5.41) is 2.68. The fraction of sp³-hybridized carbons (Fsp3) is 0.125. The van der Waals surface area contributed by atoms with E-state index in [4.69, 9.17) is 9.15 Å². The molecule has 0 aliphatic rings. The lowest BCUT2D eigenvalue weighted by molar-refractivity contribution is -0.122. The molecule has 0 saturated heterocycles. The molecule has 1 heterocycles. The van der Waals surface area contributed by atoms with Crippen molar-refractivity contribution in [2.75, 3.05) is 5.32 Å². The highest BCUT2D eigenvalue weighted by molar-refractivity contribution is 9.10. The van der Waals surface area contributed by atoms with E-state index < -0.39 is 23.6 Å². The molecule has 0 bridgehead atoms. The van der Waals surface area contributed by atoms with Gasteiger partial charge < -0.3 is 14.5 Å². The summed E-state index contributed by atoms with van der Waals surface area (Å²) < 4.78 is 23.9. The van der Waals surface area contributed by atoms with E-state index in [1.54, 1.807) is 25.1 Å². The van der Waals surface area contributed by atoms with Gasteiger partial charge in [0.05, 0.1) is 9.99 Å². The number of hydrogen-bond donors (Lipinski definition) is 2. The van der Waals surface area contributed by atoms with Crippen molar-refractivity contribution < 1.29 is 18.3 Å². The highest BCUT2D eigenvalue weighted by atomic mass is 79.9. The van der Waals surface area contributed by atoms with Crippen LogP contribution in [0.5, 0.6) is 5.75 Å². The zero-order valence-corrected chi connectivity index (χ0v) is 14.0. The highest BCUT2D eigenvalue weighted by Gasteiger charge is 2.17. The van der Waals surface area contributed by atoms with Crippen LogP contribution in [0.4, 0.5) is 10.1 Å². The van der Waals surface area contributed by atoms with Crippen LogP contribution >= 0.6 is 15.9 Å². The van der Waals surface area contributed by atoms with Gasteiger partial charge in [-0.05, 0) is 59.3 Å². The van der Waals surface area contributed by atoms with E-state index in [9.17, 15) is 14.0 Å². The molecular formula is C16H12BrFN2O4. The number of rotatable bonds is 4. The number of oxazole rings is 1. The summed E-state index contributed by atoms with van der Waals surface area (Å²) in [4.78, 5) is 25.9. The van der Waals surface area contributed by atoms with E-state index in [1.807, 2.05) is 0 Å². The summed E-state index contributed by atoms with van der Waals surface area (Å²) in [6, 6.07) is 8.70. The number of fused-ring (bicyclic) bond motifs is 1. The van der Waals surface area contributed by atoms with Crippen LogP contribution in [0.25, 0.3) is 11.1 Å². The van der Waals surface area contributed by atoms with Crippen molar-refractivity contribution in [3.05, 3.63) is 57.2 Å². The minimum Gasteiger partial charge on any atom is -0.480 e. The molecule has 3 rings (SSSR count). The second kappa shape index (κ2) is 6.48. The molecule has 8 heteroatoms. The van der Waals surface area contributed by atoms with E-state index in [-0.39, 0.29) is 0 Å². The second-order valence-corrected chi connectivity index (χ2v) is 5.90. The molecule has 0 spiro atoms. The number of benzene rings is 2. The predicted octanol–water partition coefficient (Wildman–Crippen LogP) is 3.43. The third-order valence-electron chi connectivity index (χ3n) is 3.25. The molecule has 0 radical (unpaired) electrons. The molecule has 0 aliphatic carbocycles. The molecule has 6 nitrogen and oxygen atoms in total. The number of amides is 1. The van der Waals surface area contributed by atoms with Crippen LogP contribution in [0.15, 0.2) is 50.1 Å². The van der Waals surface area contributed by atoms with Crippen LogP contribution < -0.4 is 15.8 Å². The van der Waals surface area contributed by atoms with Gasteiger partial charge in [0.25, 0.3) is 5.91 Å². The van der Waals surface area contributed by atoms with E-state index in [0.717, 1.165) is 0 Å². The van der Waals surface area contributed by atoms with Crippen molar-refractivity contribution in [2.24, 2.45) is 0 Å². The van der Waals surface area contributed by atoms with Gasteiger partial charge in [0.15, 0.2) is 11.7 Å². The van der Waals surface area contributed by atoms with Gasteiger partial charge in [-0.2, -0.15) is 0 Å². The Morgan fingerprint density at radius 2 is 2.12 bits per heavy atom. The van der Waals surface area contributed by atoms with Crippen molar-refractivity contribution in [1.82, 2.24) is 4.98 Å². The third kappa shape index (κ3) is 3.48. The Bertz CT molecular complexity index is 966. The summed E-state index contributed by atoms with van der Waals surface area (Å²) in [5.41, 5.74) is 1.36. The number of halogens is 2. The second-order valence-electron chi connectivity index (χ2n) is 5.05. The maximum atomic E-state index is 13.1. The van der Waals surface area contributed by atoms with Gasteiger partial charge in [-0.3, -0.25) is 9.78 Å². The minimum atomic E-state index is -0.814. The van der Waals surface area contributed by atoms with Crippen molar-refractivity contribution in [3.8, 4) is 5.75 Å². The maximum absolute atomic E-state index is 13.1. The lowest BCUT2D eigenvalue weighted by Crippen LogP contribution is -2.30. The molecule has 1 atom stereocenters. The number of carbonyl (C=O) groups is 1. The normalized spacial score (nSPS) is 12.1. The van der Waals surface area contributed by atoms with Gasteiger partial charge >= 0.3 is 5.76 Å². The zero-order chi connectivity index (χ0) is 17.3. The first kappa shape index (κ1) is 16.3. The summed E-state index contributed by atoms with van der Waals surface area (Å²) >= 11 is 3.18. The standard InChI is InChI=1S/C16H12BrFN2O4/c1-8(23-13-4-2-9(18)6-11(13)17)15(21)19-10-3-5-14-12(7-10)20-16(22)24-14/h2-8H,1H3,(H,19,21)(H,20,22)/t8-/m1/s1. The van der Waals surface area contributed by atoms with Crippen molar-refractivity contribution in [1.29, 1.82) is 0 Å². The quantitative estimate of drug-likeness (QED) is 0.709. The van der Waals surface area contributed by atoms with Crippen molar-refractivity contribution >= 4 is 38.6 Å². The summed E-state index contributed by atoms with van der Waals surface area (Å²) in [6.07, 6.45) is -0.814. The van der Waals surface area contributed by atoms with Gasteiger partial charge in [-0.1, -0.05) is 0 Å². The lowest BCUT2D eigenvalue weighted by Gasteiger charge is -2.15. The molecule has 0 fully saturated rings. The number of ether oxygens (including phenoxy) is 1. The molecule has 0 aliphatic heterocycles. The van der Waals surface area contributed by atoms with E-state index in [2.05, 4.69) is 26.2 Å². The van der Waals surface area contributed by atoms with Crippen molar-refractivity contribution in [3.63, 3.8) is 0 Å². The lowest BCUT2D eigenvalue weighted by atomic mass is 10.2. The smallest absolute Gasteiger partial charge is 0.417 e. The Morgan fingerprint density at radius 3 is 2.88 bits per heavy atom. The van der Waals surface area contributed by atoms with Crippen LogP contribution in [-0.4, -0.2) is 17.0 Å². The van der Waals surface area contributed by atoms with Gasteiger partial charge in [0.2, 0.25) is 0 Å². The Labute approximate surface area is 143 Å². The molecular weight excluding hydrogens is 383 g/mol. The molecule has 0 saturated carbocycles.